The van der Waals surface area contributed by atoms with Gasteiger partial charge in [0.25, 0.3) is 5.56 Å². The van der Waals surface area contributed by atoms with Gasteiger partial charge in [-0.15, -0.1) is 0 Å². The van der Waals surface area contributed by atoms with Gasteiger partial charge in [-0.25, -0.2) is 9.78 Å². The van der Waals surface area contributed by atoms with Crippen LogP contribution in [0.5, 0.6) is 5.75 Å². The van der Waals surface area contributed by atoms with Crippen molar-refractivity contribution in [2.45, 2.75) is 5.03 Å². The van der Waals surface area contributed by atoms with Crippen LogP contribution in [0.4, 0.5) is 5.69 Å². The second-order valence-corrected chi connectivity index (χ2v) is 6.30. The first-order chi connectivity index (χ1) is 13.0. The van der Waals surface area contributed by atoms with Crippen molar-refractivity contribution in [2.75, 3.05) is 18.2 Å². The number of hydrogen-bond acceptors (Lipinski definition) is 7. The molecule has 0 aliphatic heterocycles. The summed E-state index contributed by atoms with van der Waals surface area (Å²) in [6, 6.07) is 9.03. The second kappa shape index (κ2) is 7.76. The van der Waals surface area contributed by atoms with Gasteiger partial charge in [-0.05, 0) is 24.3 Å². The lowest BCUT2D eigenvalue weighted by Gasteiger charge is -2.07. The number of hydrogen-bond donors (Lipinski definition) is 3. The van der Waals surface area contributed by atoms with E-state index in [1.165, 1.54) is 0 Å². The number of nitrogens with one attached hydrogen (secondary N) is 3. The highest BCUT2D eigenvalue weighted by Crippen LogP contribution is 2.27. The number of rotatable bonds is 5. The van der Waals surface area contributed by atoms with Crippen molar-refractivity contribution in [3.05, 3.63) is 56.9 Å². The number of ether oxygens (including phenoxy) is 1. The summed E-state index contributed by atoms with van der Waals surface area (Å²) < 4.78 is 5.16. The zero-order valence-corrected chi connectivity index (χ0v) is 14.8. The number of thioether (sulfide) groups is 1. The average molecular weight is 383 g/mol. The molecule has 0 aliphatic rings. The molecule has 9 nitrogen and oxygen atoms in total. The molecule has 10 heteroatoms. The Bertz CT molecular complexity index is 1180. The Morgan fingerprint density at radius 1 is 1.37 bits per heavy atom. The Hall–Kier alpha value is -3.58. The minimum Gasteiger partial charge on any atom is -0.497 e. The monoisotopic (exact) mass is 383 g/mol. The Labute approximate surface area is 156 Å². The topological polar surface area (TPSA) is 141 Å². The predicted octanol–water partition coefficient (Wildman–Crippen LogP) is 1.22. The van der Waals surface area contributed by atoms with Crippen LogP contribution in [0.1, 0.15) is 5.56 Å². The first kappa shape index (κ1) is 18.2. The van der Waals surface area contributed by atoms with Crippen LogP contribution in [0.25, 0.3) is 10.9 Å². The zero-order valence-electron chi connectivity index (χ0n) is 14.0. The number of aromatic amines is 2. The van der Waals surface area contributed by atoms with Crippen LogP contribution in [-0.2, 0) is 4.79 Å². The maximum absolute atomic E-state index is 12.1. The minimum absolute atomic E-state index is 0.0676. The number of nitrogens with zero attached hydrogens (tertiary/aromatic N) is 2. The summed E-state index contributed by atoms with van der Waals surface area (Å²) in [7, 11) is 1.55. The maximum atomic E-state index is 12.1. The van der Waals surface area contributed by atoms with Gasteiger partial charge in [0.05, 0.1) is 23.9 Å². The number of methoxy groups -OCH3 is 1. The van der Waals surface area contributed by atoms with Crippen molar-refractivity contribution in [2.24, 2.45) is 0 Å². The molecule has 0 aliphatic carbocycles. The van der Waals surface area contributed by atoms with E-state index in [0.717, 1.165) is 23.3 Å². The van der Waals surface area contributed by atoms with Crippen molar-refractivity contribution in [3.8, 4) is 11.8 Å². The summed E-state index contributed by atoms with van der Waals surface area (Å²) in [5.74, 6) is 0.110. The van der Waals surface area contributed by atoms with Crippen molar-refractivity contribution in [3.63, 3.8) is 0 Å². The molecule has 2 aromatic heterocycles. The number of carbonyl (C=O) groups is 1. The van der Waals surface area contributed by atoms with E-state index >= 15 is 0 Å². The summed E-state index contributed by atoms with van der Waals surface area (Å²) in [6.07, 6.45) is 1.12. The van der Waals surface area contributed by atoms with Crippen molar-refractivity contribution in [1.82, 2.24) is 15.0 Å². The average Bonchev–Trinajstić information content (AvgIpc) is 2.67. The summed E-state index contributed by atoms with van der Waals surface area (Å²) in [4.78, 5) is 43.3. The number of nitriles is 1. The number of aromatic nitrogens is 3. The van der Waals surface area contributed by atoms with E-state index in [9.17, 15) is 19.6 Å². The predicted molar refractivity (Wildman–Crippen MR) is 100 cm³/mol. The second-order valence-electron chi connectivity index (χ2n) is 5.33. The molecule has 1 amide bonds. The Balaban J connectivity index is 1.77. The van der Waals surface area contributed by atoms with E-state index in [-0.39, 0.29) is 11.4 Å². The van der Waals surface area contributed by atoms with E-state index in [1.54, 1.807) is 31.4 Å². The first-order valence-electron chi connectivity index (χ1n) is 7.63. The van der Waals surface area contributed by atoms with Crippen molar-refractivity contribution in [1.29, 1.82) is 5.26 Å². The van der Waals surface area contributed by atoms with Gasteiger partial charge in [-0.1, -0.05) is 11.8 Å². The molecule has 0 radical (unpaired) electrons. The lowest BCUT2D eigenvalue weighted by atomic mass is 10.1. The highest BCUT2D eigenvalue weighted by Gasteiger charge is 2.12. The largest absolute Gasteiger partial charge is 0.497 e. The first-order valence-corrected chi connectivity index (χ1v) is 8.62. The SMILES string of the molecule is COc1ccc2nc(SCC(=O)Nc3c[nH]c(=O)[nH]c3=O)c(C#N)cc2c1. The lowest BCUT2D eigenvalue weighted by Crippen LogP contribution is -2.27. The van der Waals surface area contributed by atoms with Gasteiger partial charge in [0.15, 0.2) is 0 Å². The van der Waals surface area contributed by atoms with Gasteiger partial charge in [0, 0.05) is 11.6 Å². The molecule has 0 spiro atoms. The third kappa shape index (κ3) is 4.16. The molecule has 27 heavy (non-hydrogen) atoms. The van der Waals surface area contributed by atoms with E-state index in [0.29, 0.717) is 21.9 Å². The maximum Gasteiger partial charge on any atom is 0.325 e. The van der Waals surface area contributed by atoms with Gasteiger partial charge in [0.2, 0.25) is 5.91 Å². The molecule has 136 valence electrons. The number of anilines is 1. The number of fused-ring (bicyclic) bond motifs is 1. The van der Waals surface area contributed by atoms with Crippen LogP contribution in [0.15, 0.2) is 45.1 Å². The third-order valence-electron chi connectivity index (χ3n) is 3.54. The van der Waals surface area contributed by atoms with Crippen LogP contribution in [-0.4, -0.2) is 33.7 Å². The molecular formula is C17H13N5O4S. The lowest BCUT2D eigenvalue weighted by molar-refractivity contribution is -0.113. The van der Waals surface area contributed by atoms with Gasteiger partial charge in [-0.3, -0.25) is 14.6 Å². The van der Waals surface area contributed by atoms with Crippen LogP contribution >= 0.6 is 11.8 Å². The molecule has 0 bridgehead atoms. The Morgan fingerprint density at radius 2 is 2.19 bits per heavy atom. The van der Waals surface area contributed by atoms with Gasteiger partial charge in [-0.2, -0.15) is 5.26 Å². The van der Waals surface area contributed by atoms with E-state index in [2.05, 4.69) is 21.4 Å². The fraction of sp³-hybridized carbons (Fsp3) is 0.118. The molecule has 3 rings (SSSR count). The molecule has 0 saturated heterocycles. The molecule has 1 aromatic carbocycles. The fourth-order valence-electron chi connectivity index (χ4n) is 2.28. The smallest absolute Gasteiger partial charge is 0.325 e. The number of pyridine rings is 1. The Kier molecular flexibility index (Phi) is 5.23. The van der Waals surface area contributed by atoms with Crippen LogP contribution in [0, 0.1) is 11.3 Å². The molecule has 0 unspecified atom stereocenters. The number of H-pyrrole nitrogens is 2. The summed E-state index contributed by atoms with van der Waals surface area (Å²) in [6.45, 7) is 0. The zero-order chi connectivity index (χ0) is 19.4. The number of amides is 1. The molecule has 2 heterocycles. The van der Waals surface area contributed by atoms with E-state index < -0.39 is 17.2 Å². The highest BCUT2D eigenvalue weighted by molar-refractivity contribution is 8.00. The van der Waals surface area contributed by atoms with Crippen LogP contribution in [0.3, 0.4) is 0 Å². The summed E-state index contributed by atoms with van der Waals surface area (Å²) in [5.41, 5.74) is -0.444. The molecule has 3 aromatic rings. The van der Waals surface area contributed by atoms with E-state index in [4.69, 9.17) is 4.74 Å². The van der Waals surface area contributed by atoms with Crippen molar-refractivity contribution >= 4 is 34.3 Å². The van der Waals surface area contributed by atoms with Crippen LogP contribution < -0.4 is 21.3 Å². The number of carbonyl (C=O) groups excluding carboxylic acids is 1. The van der Waals surface area contributed by atoms with Gasteiger partial charge in [0.1, 0.15) is 22.5 Å². The quantitative estimate of drug-likeness (QED) is 0.563. The Morgan fingerprint density at radius 3 is 2.89 bits per heavy atom. The van der Waals surface area contributed by atoms with Gasteiger partial charge >= 0.3 is 5.69 Å². The van der Waals surface area contributed by atoms with Crippen molar-refractivity contribution < 1.29 is 9.53 Å². The van der Waals surface area contributed by atoms with Gasteiger partial charge < -0.3 is 15.0 Å². The van der Waals surface area contributed by atoms with E-state index in [1.807, 2.05) is 4.98 Å². The summed E-state index contributed by atoms with van der Waals surface area (Å²) >= 11 is 1.07. The number of benzene rings is 1. The minimum atomic E-state index is -0.701. The normalized spacial score (nSPS) is 10.4. The highest BCUT2D eigenvalue weighted by atomic mass is 32.2. The molecule has 0 saturated carbocycles. The molecule has 0 atom stereocenters. The summed E-state index contributed by atoms with van der Waals surface area (Å²) in [5, 5.41) is 12.9. The third-order valence-corrected chi connectivity index (χ3v) is 4.53. The standard InChI is InChI=1S/C17H13N5O4S/c1-26-11-2-3-12-9(5-11)4-10(6-18)16(21-12)27-8-14(23)20-13-7-19-17(25)22-15(13)24/h2-5,7H,8H2,1H3,(H,20,23)(H2,19,22,24,25). The molecule has 0 fully saturated rings. The molecular weight excluding hydrogens is 370 g/mol. The molecule has 3 N–H and O–H groups in total. The fourth-order valence-corrected chi connectivity index (χ4v) is 3.04. The van der Waals surface area contributed by atoms with Crippen LogP contribution in [0.2, 0.25) is 0 Å².